The van der Waals surface area contributed by atoms with E-state index in [0.717, 1.165) is 43.3 Å². The van der Waals surface area contributed by atoms with Crippen LogP contribution in [0.15, 0.2) is 30.6 Å². The van der Waals surface area contributed by atoms with Gasteiger partial charge in [0.05, 0.1) is 0 Å². The summed E-state index contributed by atoms with van der Waals surface area (Å²) in [6.07, 6.45) is 5.19. The van der Waals surface area contributed by atoms with E-state index >= 15 is 0 Å². The molecule has 0 aromatic carbocycles. The molecule has 2 aromatic rings. The summed E-state index contributed by atoms with van der Waals surface area (Å²) in [5, 5.41) is 10.6. The van der Waals surface area contributed by atoms with Crippen molar-refractivity contribution in [1.29, 1.82) is 0 Å². The predicted octanol–water partition coefficient (Wildman–Crippen LogP) is 2.07. The van der Waals surface area contributed by atoms with Crippen molar-refractivity contribution in [2.75, 3.05) is 18.0 Å². The molecule has 21 heavy (non-hydrogen) atoms. The van der Waals surface area contributed by atoms with Crippen LogP contribution in [0.2, 0.25) is 0 Å². The molecule has 1 N–H and O–H groups in total. The number of aryl methyl sites for hydroxylation is 2. The fraction of sp³-hybridized carbons (Fsp3) is 0.500. The minimum absolute atomic E-state index is 0.196. The lowest BCUT2D eigenvalue weighted by Gasteiger charge is -2.35. The van der Waals surface area contributed by atoms with Gasteiger partial charge in [0, 0.05) is 44.1 Å². The molecule has 5 nitrogen and oxygen atoms in total. The standard InChI is InChI=1S/C16H22N4O/c1-12-5-3-7-14(18-12)20-9-4-6-13(11-20)15(21)16-17-8-10-19(16)2/h3,5,7-8,10,13,15,21H,4,6,9,11H2,1-2H3/t13-,15-/m0/s1. The maximum atomic E-state index is 10.6. The Bertz CT molecular complexity index is 610. The number of anilines is 1. The first-order valence-electron chi connectivity index (χ1n) is 7.49. The summed E-state index contributed by atoms with van der Waals surface area (Å²) in [5.74, 6) is 1.95. The Morgan fingerprint density at radius 1 is 1.38 bits per heavy atom. The van der Waals surface area contributed by atoms with Crippen LogP contribution in [-0.4, -0.2) is 32.7 Å². The fourth-order valence-corrected chi connectivity index (χ4v) is 3.05. The van der Waals surface area contributed by atoms with Gasteiger partial charge in [-0.25, -0.2) is 9.97 Å². The topological polar surface area (TPSA) is 54.2 Å². The Morgan fingerprint density at radius 2 is 2.24 bits per heavy atom. The monoisotopic (exact) mass is 286 g/mol. The van der Waals surface area contributed by atoms with Crippen molar-refractivity contribution in [3.63, 3.8) is 0 Å². The minimum Gasteiger partial charge on any atom is -0.385 e. The van der Waals surface area contributed by atoms with Crippen molar-refractivity contribution in [2.24, 2.45) is 13.0 Å². The van der Waals surface area contributed by atoms with E-state index in [9.17, 15) is 5.11 Å². The number of aliphatic hydroxyl groups excluding tert-OH is 1. The van der Waals surface area contributed by atoms with E-state index in [0.29, 0.717) is 0 Å². The lowest BCUT2D eigenvalue weighted by atomic mass is 9.92. The third-order valence-corrected chi connectivity index (χ3v) is 4.22. The van der Waals surface area contributed by atoms with E-state index in [4.69, 9.17) is 0 Å². The molecule has 2 atom stereocenters. The fourth-order valence-electron chi connectivity index (χ4n) is 3.05. The van der Waals surface area contributed by atoms with Gasteiger partial charge in [-0.3, -0.25) is 0 Å². The molecule has 112 valence electrons. The summed E-state index contributed by atoms with van der Waals surface area (Å²) in [4.78, 5) is 11.1. The molecule has 0 amide bonds. The van der Waals surface area contributed by atoms with Crippen molar-refractivity contribution in [1.82, 2.24) is 14.5 Å². The average molecular weight is 286 g/mol. The Labute approximate surface area is 125 Å². The molecule has 0 saturated carbocycles. The molecule has 0 radical (unpaired) electrons. The van der Waals surface area contributed by atoms with Crippen LogP contribution < -0.4 is 4.90 Å². The molecule has 3 rings (SSSR count). The van der Waals surface area contributed by atoms with Crippen LogP contribution in [0.5, 0.6) is 0 Å². The zero-order chi connectivity index (χ0) is 14.8. The highest BCUT2D eigenvalue weighted by Gasteiger charge is 2.29. The molecule has 1 saturated heterocycles. The Balaban J connectivity index is 1.75. The smallest absolute Gasteiger partial charge is 0.137 e. The number of pyridine rings is 1. The molecule has 3 heterocycles. The van der Waals surface area contributed by atoms with Crippen LogP contribution in [0.3, 0.4) is 0 Å². The van der Waals surface area contributed by atoms with Gasteiger partial charge in [0.2, 0.25) is 0 Å². The van der Waals surface area contributed by atoms with Gasteiger partial charge in [0.25, 0.3) is 0 Å². The zero-order valence-corrected chi connectivity index (χ0v) is 12.6. The number of hydrogen-bond acceptors (Lipinski definition) is 4. The summed E-state index contributed by atoms with van der Waals surface area (Å²) in [7, 11) is 1.92. The highest BCUT2D eigenvalue weighted by Crippen LogP contribution is 2.30. The van der Waals surface area contributed by atoms with E-state index in [1.165, 1.54) is 0 Å². The van der Waals surface area contributed by atoms with Crippen LogP contribution in [-0.2, 0) is 7.05 Å². The summed E-state index contributed by atoms with van der Waals surface area (Å²) in [5.41, 5.74) is 1.03. The second-order valence-electron chi connectivity index (χ2n) is 5.83. The number of piperidine rings is 1. The van der Waals surface area contributed by atoms with Crippen LogP contribution >= 0.6 is 0 Å². The van der Waals surface area contributed by atoms with E-state index in [-0.39, 0.29) is 5.92 Å². The number of rotatable bonds is 3. The van der Waals surface area contributed by atoms with Gasteiger partial charge in [0.1, 0.15) is 17.7 Å². The van der Waals surface area contributed by atoms with Gasteiger partial charge in [0.15, 0.2) is 0 Å². The number of aliphatic hydroxyl groups is 1. The number of nitrogens with zero attached hydrogens (tertiary/aromatic N) is 4. The van der Waals surface area contributed by atoms with Crippen molar-refractivity contribution in [3.8, 4) is 0 Å². The first-order valence-corrected chi connectivity index (χ1v) is 7.49. The van der Waals surface area contributed by atoms with E-state index in [1.807, 2.05) is 42.9 Å². The first-order chi connectivity index (χ1) is 10.1. The molecule has 1 fully saturated rings. The molecule has 1 aliphatic rings. The maximum absolute atomic E-state index is 10.6. The molecule has 2 aromatic heterocycles. The van der Waals surface area contributed by atoms with Gasteiger partial charge in [-0.2, -0.15) is 0 Å². The molecular weight excluding hydrogens is 264 g/mol. The van der Waals surface area contributed by atoms with E-state index in [2.05, 4.69) is 14.9 Å². The quantitative estimate of drug-likeness (QED) is 0.938. The van der Waals surface area contributed by atoms with Gasteiger partial charge in [-0.15, -0.1) is 0 Å². The predicted molar refractivity (Wildman–Crippen MR) is 82.1 cm³/mol. The molecule has 5 heteroatoms. The normalized spacial score (nSPS) is 20.5. The summed E-state index contributed by atoms with van der Waals surface area (Å²) < 4.78 is 1.90. The number of aromatic nitrogens is 3. The Kier molecular flexibility index (Phi) is 3.92. The van der Waals surface area contributed by atoms with Gasteiger partial charge in [-0.05, 0) is 31.9 Å². The first kappa shape index (κ1) is 14.1. The van der Waals surface area contributed by atoms with E-state index in [1.54, 1.807) is 6.20 Å². The van der Waals surface area contributed by atoms with Crippen LogP contribution in [0.25, 0.3) is 0 Å². The molecule has 0 aliphatic carbocycles. The lowest BCUT2D eigenvalue weighted by Crippen LogP contribution is -2.38. The third-order valence-electron chi connectivity index (χ3n) is 4.22. The Hall–Kier alpha value is -1.88. The summed E-state index contributed by atoms with van der Waals surface area (Å²) in [6.45, 7) is 3.83. The number of imidazole rings is 1. The highest BCUT2D eigenvalue weighted by atomic mass is 16.3. The van der Waals surface area contributed by atoms with E-state index < -0.39 is 6.10 Å². The van der Waals surface area contributed by atoms with Crippen molar-refractivity contribution >= 4 is 5.82 Å². The van der Waals surface area contributed by atoms with Gasteiger partial charge < -0.3 is 14.6 Å². The SMILES string of the molecule is Cc1cccc(N2CCC[C@H]([C@H](O)c3nccn3C)C2)n1. The highest BCUT2D eigenvalue weighted by molar-refractivity contribution is 5.39. The molecule has 1 aliphatic heterocycles. The van der Waals surface area contributed by atoms with Gasteiger partial charge in [-0.1, -0.05) is 6.07 Å². The lowest BCUT2D eigenvalue weighted by molar-refractivity contribution is 0.0874. The van der Waals surface area contributed by atoms with Crippen LogP contribution in [0.4, 0.5) is 5.82 Å². The largest absolute Gasteiger partial charge is 0.385 e. The summed E-state index contributed by atoms with van der Waals surface area (Å²) in [6, 6.07) is 6.09. The maximum Gasteiger partial charge on any atom is 0.137 e. The minimum atomic E-state index is -0.516. The second kappa shape index (κ2) is 5.85. The summed E-state index contributed by atoms with van der Waals surface area (Å²) >= 11 is 0. The molecule has 0 unspecified atom stereocenters. The van der Waals surface area contributed by atoms with Crippen LogP contribution in [0.1, 0.15) is 30.5 Å². The zero-order valence-electron chi connectivity index (χ0n) is 12.6. The average Bonchev–Trinajstić information content (AvgIpc) is 2.93. The molecule has 0 bridgehead atoms. The van der Waals surface area contributed by atoms with Gasteiger partial charge >= 0.3 is 0 Å². The third kappa shape index (κ3) is 2.93. The van der Waals surface area contributed by atoms with Crippen molar-refractivity contribution in [3.05, 3.63) is 42.1 Å². The Morgan fingerprint density at radius 3 is 2.95 bits per heavy atom. The molecular formula is C16H22N4O. The van der Waals surface area contributed by atoms with Crippen LogP contribution in [0, 0.1) is 12.8 Å². The van der Waals surface area contributed by atoms with Crippen molar-refractivity contribution in [2.45, 2.75) is 25.9 Å². The van der Waals surface area contributed by atoms with Crippen molar-refractivity contribution < 1.29 is 5.11 Å². The molecule has 0 spiro atoms. The number of hydrogen-bond donors (Lipinski definition) is 1. The second-order valence-corrected chi connectivity index (χ2v) is 5.83.